The highest BCUT2D eigenvalue weighted by Crippen LogP contribution is 2.16. The summed E-state index contributed by atoms with van der Waals surface area (Å²) >= 11 is 0. The van der Waals surface area contributed by atoms with Gasteiger partial charge in [0.15, 0.2) is 0 Å². The molecule has 1 atom stereocenters. The summed E-state index contributed by atoms with van der Waals surface area (Å²) in [4.78, 5) is 26.9. The number of nitrogens with one attached hydrogen (secondary N) is 2. The highest BCUT2D eigenvalue weighted by atomic mass is 16.2. The van der Waals surface area contributed by atoms with Gasteiger partial charge in [0.1, 0.15) is 6.04 Å². The SMILES string of the molecule is CC.CC(C)c1ccc(NC2CCC(=O)NC2=O)cn1. The van der Waals surface area contributed by atoms with Crippen molar-refractivity contribution in [3.8, 4) is 0 Å². The quantitative estimate of drug-likeness (QED) is 0.832. The van der Waals surface area contributed by atoms with Gasteiger partial charge in [0, 0.05) is 12.1 Å². The van der Waals surface area contributed by atoms with Gasteiger partial charge in [-0.2, -0.15) is 0 Å². The molecule has 1 unspecified atom stereocenters. The summed E-state index contributed by atoms with van der Waals surface area (Å²) in [5.41, 5.74) is 1.82. The Morgan fingerprint density at radius 3 is 2.50 bits per heavy atom. The lowest BCUT2D eigenvalue weighted by atomic mass is 10.1. The van der Waals surface area contributed by atoms with Crippen molar-refractivity contribution >= 4 is 17.5 Å². The van der Waals surface area contributed by atoms with Crippen molar-refractivity contribution < 1.29 is 9.59 Å². The number of carbonyl (C=O) groups excluding carboxylic acids is 2. The lowest BCUT2D eigenvalue weighted by Crippen LogP contribution is -2.47. The number of piperidine rings is 1. The Labute approximate surface area is 120 Å². The van der Waals surface area contributed by atoms with E-state index < -0.39 is 0 Å². The van der Waals surface area contributed by atoms with Gasteiger partial charge in [0.25, 0.3) is 0 Å². The molecular formula is C15H23N3O2. The fraction of sp³-hybridized carbons (Fsp3) is 0.533. The van der Waals surface area contributed by atoms with Crippen molar-refractivity contribution in [3.63, 3.8) is 0 Å². The van der Waals surface area contributed by atoms with Crippen molar-refractivity contribution in [1.29, 1.82) is 0 Å². The number of carbonyl (C=O) groups is 2. The minimum absolute atomic E-state index is 0.202. The third-order valence-corrected chi connectivity index (χ3v) is 2.96. The Morgan fingerprint density at radius 2 is 2.00 bits per heavy atom. The van der Waals surface area contributed by atoms with E-state index in [4.69, 9.17) is 0 Å². The molecule has 0 spiro atoms. The number of nitrogens with zero attached hydrogens (tertiary/aromatic N) is 1. The maximum absolute atomic E-state index is 11.6. The van der Waals surface area contributed by atoms with Crippen molar-refractivity contribution in [2.75, 3.05) is 5.32 Å². The Hall–Kier alpha value is -1.91. The first-order valence-electron chi connectivity index (χ1n) is 7.12. The summed E-state index contributed by atoms with van der Waals surface area (Å²) in [7, 11) is 0. The summed E-state index contributed by atoms with van der Waals surface area (Å²) in [6.45, 7) is 8.16. The first-order chi connectivity index (χ1) is 9.56. The van der Waals surface area contributed by atoms with E-state index in [1.165, 1.54) is 0 Å². The van der Waals surface area contributed by atoms with Crippen LogP contribution in [0.5, 0.6) is 0 Å². The molecule has 110 valence electrons. The number of pyridine rings is 1. The highest BCUT2D eigenvalue weighted by molar-refractivity contribution is 6.01. The van der Waals surface area contributed by atoms with Crippen LogP contribution in [0.2, 0.25) is 0 Å². The Morgan fingerprint density at radius 1 is 1.30 bits per heavy atom. The first-order valence-corrected chi connectivity index (χ1v) is 7.12. The smallest absolute Gasteiger partial charge is 0.249 e. The second-order valence-corrected chi connectivity index (χ2v) is 4.77. The van der Waals surface area contributed by atoms with E-state index in [-0.39, 0.29) is 17.9 Å². The number of imide groups is 1. The molecule has 20 heavy (non-hydrogen) atoms. The van der Waals surface area contributed by atoms with Crippen LogP contribution in [0.15, 0.2) is 18.3 Å². The zero-order chi connectivity index (χ0) is 15.1. The lowest BCUT2D eigenvalue weighted by molar-refractivity contribution is -0.133. The number of hydrogen-bond acceptors (Lipinski definition) is 4. The molecule has 1 aromatic rings. The summed E-state index contributed by atoms with van der Waals surface area (Å²) in [6, 6.07) is 3.50. The summed E-state index contributed by atoms with van der Waals surface area (Å²) in [5, 5.41) is 5.41. The third kappa shape index (κ3) is 4.33. The molecule has 2 rings (SSSR count). The molecule has 1 saturated heterocycles. The van der Waals surface area contributed by atoms with E-state index in [9.17, 15) is 9.59 Å². The topological polar surface area (TPSA) is 71.1 Å². The molecule has 0 bridgehead atoms. The van der Waals surface area contributed by atoms with Crippen LogP contribution in [0.3, 0.4) is 0 Å². The fourth-order valence-corrected chi connectivity index (χ4v) is 1.86. The molecule has 0 saturated carbocycles. The van der Waals surface area contributed by atoms with Crippen molar-refractivity contribution in [2.45, 2.75) is 52.5 Å². The molecule has 1 aliphatic rings. The first kappa shape index (κ1) is 16.1. The van der Waals surface area contributed by atoms with Crippen LogP contribution < -0.4 is 10.6 Å². The van der Waals surface area contributed by atoms with Gasteiger partial charge in [0.05, 0.1) is 11.9 Å². The van der Waals surface area contributed by atoms with E-state index in [1.54, 1.807) is 6.20 Å². The average molecular weight is 277 g/mol. The van der Waals surface area contributed by atoms with Gasteiger partial charge in [-0.15, -0.1) is 0 Å². The van der Waals surface area contributed by atoms with Crippen molar-refractivity contribution in [3.05, 3.63) is 24.0 Å². The predicted octanol–water partition coefficient (Wildman–Crippen LogP) is 2.45. The van der Waals surface area contributed by atoms with Gasteiger partial charge in [-0.3, -0.25) is 19.9 Å². The monoisotopic (exact) mass is 277 g/mol. The Kier molecular flexibility index (Phi) is 6.15. The Bertz CT molecular complexity index is 455. The zero-order valence-corrected chi connectivity index (χ0v) is 12.6. The predicted molar refractivity (Wildman–Crippen MR) is 79.5 cm³/mol. The van der Waals surface area contributed by atoms with Crippen LogP contribution in [0.25, 0.3) is 0 Å². The average Bonchev–Trinajstić information content (AvgIpc) is 2.45. The number of hydrogen-bond donors (Lipinski definition) is 2. The lowest BCUT2D eigenvalue weighted by Gasteiger charge is -2.22. The zero-order valence-electron chi connectivity index (χ0n) is 12.6. The van der Waals surface area contributed by atoms with Crippen LogP contribution in [-0.2, 0) is 9.59 Å². The van der Waals surface area contributed by atoms with Crippen molar-refractivity contribution in [2.24, 2.45) is 0 Å². The minimum Gasteiger partial charge on any atom is -0.372 e. The second-order valence-electron chi connectivity index (χ2n) is 4.77. The van der Waals surface area contributed by atoms with Gasteiger partial charge in [-0.05, 0) is 24.5 Å². The fourth-order valence-electron chi connectivity index (χ4n) is 1.86. The van der Waals surface area contributed by atoms with E-state index in [1.807, 2.05) is 26.0 Å². The number of rotatable bonds is 3. The molecule has 0 radical (unpaired) electrons. The molecule has 1 aromatic heterocycles. The van der Waals surface area contributed by atoms with E-state index >= 15 is 0 Å². The molecule has 5 heteroatoms. The van der Waals surface area contributed by atoms with Crippen LogP contribution in [0.4, 0.5) is 5.69 Å². The van der Waals surface area contributed by atoms with Crippen molar-refractivity contribution in [1.82, 2.24) is 10.3 Å². The van der Waals surface area contributed by atoms with Crippen LogP contribution in [-0.4, -0.2) is 22.8 Å². The molecule has 1 fully saturated rings. The van der Waals surface area contributed by atoms with Crippen LogP contribution in [0.1, 0.15) is 52.1 Å². The maximum atomic E-state index is 11.6. The van der Waals surface area contributed by atoms with E-state index in [0.29, 0.717) is 18.8 Å². The van der Waals surface area contributed by atoms with E-state index in [0.717, 1.165) is 11.4 Å². The van der Waals surface area contributed by atoms with Gasteiger partial charge >= 0.3 is 0 Å². The number of anilines is 1. The van der Waals surface area contributed by atoms with Gasteiger partial charge in [0.2, 0.25) is 11.8 Å². The molecule has 2 N–H and O–H groups in total. The largest absolute Gasteiger partial charge is 0.372 e. The molecule has 0 aromatic carbocycles. The summed E-state index contributed by atoms with van der Waals surface area (Å²) < 4.78 is 0. The van der Waals surface area contributed by atoms with Crippen LogP contribution >= 0.6 is 0 Å². The van der Waals surface area contributed by atoms with E-state index in [2.05, 4.69) is 29.5 Å². The Balaban J connectivity index is 0.000000956. The number of amides is 2. The normalized spacial score (nSPS) is 18.1. The van der Waals surface area contributed by atoms with Crippen LogP contribution in [0, 0.1) is 0 Å². The highest BCUT2D eigenvalue weighted by Gasteiger charge is 2.26. The molecule has 0 aliphatic carbocycles. The molecule has 1 aliphatic heterocycles. The summed E-state index contributed by atoms with van der Waals surface area (Å²) in [5.74, 6) is -0.0832. The maximum Gasteiger partial charge on any atom is 0.249 e. The second kappa shape index (κ2) is 7.62. The molecule has 5 nitrogen and oxygen atoms in total. The van der Waals surface area contributed by atoms with Gasteiger partial charge in [-0.25, -0.2) is 0 Å². The molecular weight excluding hydrogens is 254 g/mol. The van der Waals surface area contributed by atoms with Gasteiger partial charge < -0.3 is 5.32 Å². The molecule has 2 heterocycles. The third-order valence-electron chi connectivity index (χ3n) is 2.96. The minimum atomic E-state index is -0.352. The number of aromatic nitrogens is 1. The molecule has 2 amide bonds. The van der Waals surface area contributed by atoms with Gasteiger partial charge in [-0.1, -0.05) is 27.7 Å². The summed E-state index contributed by atoms with van der Waals surface area (Å²) in [6.07, 6.45) is 2.62. The standard InChI is InChI=1S/C13H17N3O2.C2H6/c1-8(2)10-4-3-9(7-14-10)15-11-5-6-12(17)16-13(11)18;1-2/h3-4,7-8,11,15H,5-6H2,1-2H3,(H,16,17,18);1-2H3.